The number of pyridine rings is 1. The second-order valence-corrected chi connectivity index (χ2v) is 4.68. The summed E-state index contributed by atoms with van der Waals surface area (Å²) in [5.74, 6) is 3.10. The molecule has 92 valence electrons. The van der Waals surface area contributed by atoms with E-state index in [9.17, 15) is 0 Å². The smallest absolute Gasteiger partial charge is 0.215 e. The van der Waals surface area contributed by atoms with Gasteiger partial charge in [0.25, 0.3) is 0 Å². The molecule has 1 aliphatic rings. The molecular formula is C13H19N3O. The van der Waals surface area contributed by atoms with Gasteiger partial charge in [-0.3, -0.25) is 0 Å². The minimum atomic E-state index is 0.555. The third-order valence-corrected chi connectivity index (χ3v) is 2.90. The molecule has 0 saturated carbocycles. The first-order valence-corrected chi connectivity index (χ1v) is 5.79. The van der Waals surface area contributed by atoms with Crippen LogP contribution in [-0.4, -0.2) is 25.7 Å². The summed E-state index contributed by atoms with van der Waals surface area (Å²) in [6.07, 6.45) is 0. The Morgan fingerprint density at radius 3 is 2.71 bits per heavy atom. The van der Waals surface area contributed by atoms with Crippen molar-refractivity contribution < 1.29 is 4.74 Å². The summed E-state index contributed by atoms with van der Waals surface area (Å²) in [7, 11) is 3.64. The molecule has 1 aliphatic heterocycles. The Labute approximate surface area is 103 Å². The van der Waals surface area contributed by atoms with Gasteiger partial charge in [0.05, 0.1) is 12.8 Å². The van der Waals surface area contributed by atoms with Crippen molar-refractivity contribution in [1.82, 2.24) is 4.98 Å². The minimum absolute atomic E-state index is 0.555. The van der Waals surface area contributed by atoms with Gasteiger partial charge < -0.3 is 14.5 Å². The molecule has 17 heavy (non-hydrogen) atoms. The van der Waals surface area contributed by atoms with Crippen molar-refractivity contribution in [3.8, 4) is 5.88 Å². The molecule has 0 radical (unpaired) electrons. The average molecular weight is 233 g/mol. The summed E-state index contributed by atoms with van der Waals surface area (Å²) in [5.41, 5.74) is 1.08. The molecule has 2 heterocycles. The summed E-state index contributed by atoms with van der Waals surface area (Å²) in [6, 6.07) is 3.90. The van der Waals surface area contributed by atoms with E-state index in [1.807, 2.05) is 19.2 Å². The zero-order valence-electron chi connectivity index (χ0n) is 10.9. The van der Waals surface area contributed by atoms with E-state index in [1.165, 1.54) is 0 Å². The first-order chi connectivity index (χ1) is 8.04. The largest absolute Gasteiger partial charge is 0.481 e. The Hall–Kier alpha value is -1.71. The summed E-state index contributed by atoms with van der Waals surface area (Å²) in [6.45, 7) is 9.40. The van der Waals surface area contributed by atoms with E-state index >= 15 is 0 Å². The number of hydrogen-bond donors (Lipinski definition) is 0. The van der Waals surface area contributed by atoms with Crippen LogP contribution >= 0.6 is 0 Å². The molecule has 0 bridgehead atoms. The SMILES string of the molecule is C=C1N(C)c2ccc(OC)nc2N1CC(C)C. The number of anilines is 2. The van der Waals surface area contributed by atoms with Crippen LogP contribution in [0, 0.1) is 5.92 Å². The van der Waals surface area contributed by atoms with Crippen molar-refractivity contribution in [2.75, 3.05) is 30.5 Å². The lowest BCUT2D eigenvalue weighted by Crippen LogP contribution is -2.28. The number of methoxy groups -OCH3 is 1. The maximum Gasteiger partial charge on any atom is 0.215 e. The molecule has 0 atom stereocenters. The molecule has 0 spiro atoms. The Kier molecular flexibility index (Phi) is 2.96. The van der Waals surface area contributed by atoms with Crippen LogP contribution in [0.3, 0.4) is 0 Å². The fourth-order valence-electron chi connectivity index (χ4n) is 2.00. The fraction of sp³-hybridized carbons (Fsp3) is 0.462. The van der Waals surface area contributed by atoms with Crippen LogP contribution in [0.5, 0.6) is 5.88 Å². The number of fused-ring (bicyclic) bond motifs is 1. The molecule has 0 unspecified atom stereocenters. The Morgan fingerprint density at radius 1 is 1.41 bits per heavy atom. The van der Waals surface area contributed by atoms with Crippen molar-refractivity contribution in [3.05, 3.63) is 24.5 Å². The van der Waals surface area contributed by atoms with Crippen LogP contribution in [0.25, 0.3) is 0 Å². The summed E-state index contributed by atoms with van der Waals surface area (Å²) in [5, 5.41) is 0. The first-order valence-electron chi connectivity index (χ1n) is 5.79. The second-order valence-electron chi connectivity index (χ2n) is 4.68. The lowest BCUT2D eigenvalue weighted by Gasteiger charge is -2.22. The zero-order valence-corrected chi connectivity index (χ0v) is 10.9. The predicted molar refractivity (Wildman–Crippen MR) is 70.5 cm³/mol. The van der Waals surface area contributed by atoms with Crippen LogP contribution in [0.15, 0.2) is 24.5 Å². The van der Waals surface area contributed by atoms with Gasteiger partial charge in [0.1, 0.15) is 5.82 Å². The number of hydrogen-bond acceptors (Lipinski definition) is 4. The molecule has 0 saturated heterocycles. The average Bonchev–Trinajstić information content (AvgIpc) is 2.53. The van der Waals surface area contributed by atoms with Crippen molar-refractivity contribution in [2.45, 2.75) is 13.8 Å². The maximum absolute atomic E-state index is 5.18. The molecular weight excluding hydrogens is 214 g/mol. The van der Waals surface area contributed by atoms with E-state index < -0.39 is 0 Å². The molecule has 0 aliphatic carbocycles. The third-order valence-electron chi connectivity index (χ3n) is 2.90. The van der Waals surface area contributed by atoms with E-state index in [1.54, 1.807) is 7.11 Å². The van der Waals surface area contributed by atoms with Crippen LogP contribution in [0.4, 0.5) is 11.5 Å². The highest BCUT2D eigenvalue weighted by atomic mass is 16.5. The van der Waals surface area contributed by atoms with Gasteiger partial charge in [-0.1, -0.05) is 20.4 Å². The number of ether oxygens (including phenoxy) is 1. The van der Waals surface area contributed by atoms with Gasteiger partial charge in [0.2, 0.25) is 5.88 Å². The highest BCUT2D eigenvalue weighted by molar-refractivity contribution is 5.79. The van der Waals surface area contributed by atoms with Crippen LogP contribution in [0.2, 0.25) is 0 Å². The molecule has 0 N–H and O–H groups in total. The zero-order chi connectivity index (χ0) is 12.6. The molecule has 4 heteroatoms. The van der Waals surface area contributed by atoms with Crippen molar-refractivity contribution in [3.63, 3.8) is 0 Å². The lowest BCUT2D eigenvalue weighted by molar-refractivity contribution is 0.398. The predicted octanol–water partition coefficient (Wildman–Crippen LogP) is 2.47. The van der Waals surface area contributed by atoms with E-state index in [2.05, 4.69) is 35.2 Å². The Bertz CT molecular complexity index is 442. The fourth-order valence-corrected chi connectivity index (χ4v) is 2.00. The highest BCUT2D eigenvalue weighted by Crippen LogP contribution is 2.39. The number of aromatic nitrogens is 1. The van der Waals surface area contributed by atoms with Gasteiger partial charge in [-0.15, -0.1) is 0 Å². The van der Waals surface area contributed by atoms with Crippen molar-refractivity contribution in [1.29, 1.82) is 0 Å². The molecule has 0 fully saturated rings. The highest BCUT2D eigenvalue weighted by Gasteiger charge is 2.29. The summed E-state index contributed by atoms with van der Waals surface area (Å²) >= 11 is 0. The van der Waals surface area contributed by atoms with Crippen molar-refractivity contribution >= 4 is 11.5 Å². The third kappa shape index (κ3) is 1.95. The van der Waals surface area contributed by atoms with E-state index in [-0.39, 0.29) is 0 Å². The van der Waals surface area contributed by atoms with Gasteiger partial charge in [0, 0.05) is 19.7 Å². The molecule has 4 nitrogen and oxygen atoms in total. The number of rotatable bonds is 3. The van der Waals surface area contributed by atoms with Gasteiger partial charge >= 0.3 is 0 Å². The summed E-state index contributed by atoms with van der Waals surface area (Å²) < 4.78 is 5.18. The molecule has 1 aromatic rings. The molecule has 2 rings (SSSR count). The van der Waals surface area contributed by atoms with E-state index in [4.69, 9.17) is 4.74 Å². The first kappa shape index (κ1) is 11.8. The standard InChI is InChI=1S/C13H19N3O/c1-9(2)8-16-10(3)15(4)11-6-7-12(17-5)14-13(11)16/h6-7,9H,3,8H2,1-2,4-5H3. The van der Waals surface area contributed by atoms with Gasteiger partial charge in [-0.25, -0.2) is 0 Å². The Balaban J connectivity index is 2.42. The molecule has 0 amide bonds. The quantitative estimate of drug-likeness (QED) is 0.802. The van der Waals surface area contributed by atoms with Crippen LogP contribution in [-0.2, 0) is 0 Å². The Morgan fingerprint density at radius 2 is 2.12 bits per heavy atom. The monoisotopic (exact) mass is 233 g/mol. The molecule has 1 aromatic heterocycles. The normalized spacial score (nSPS) is 14.5. The van der Waals surface area contributed by atoms with Gasteiger partial charge in [-0.2, -0.15) is 4.98 Å². The summed E-state index contributed by atoms with van der Waals surface area (Å²) in [4.78, 5) is 8.71. The molecule has 0 aromatic carbocycles. The maximum atomic E-state index is 5.18. The second kappa shape index (κ2) is 4.28. The minimum Gasteiger partial charge on any atom is -0.481 e. The van der Waals surface area contributed by atoms with Crippen LogP contribution < -0.4 is 14.5 Å². The van der Waals surface area contributed by atoms with E-state index in [0.717, 1.165) is 23.9 Å². The lowest BCUT2D eigenvalue weighted by atomic mass is 10.2. The van der Waals surface area contributed by atoms with Crippen LogP contribution in [0.1, 0.15) is 13.8 Å². The van der Waals surface area contributed by atoms with Gasteiger partial charge in [0.15, 0.2) is 5.82 Å². The van der Waals surface area contributed by atoms with E-state index in [0.29, 0.717) is 11.8 Å². The number of nitrogens with zero attached hydrogens (tertiary/aromatic N) is 3. The van der Waals surface area contributed by atoms with Gasteiger partial charge in [-0.05, 0) is 12.0 Å². The topological polar surface area (TPSA) is 28.6 Å². The van der Waals surface area contributed by atoms with Crippen molar-refractivity contribution in [2.24, 2.45) is 5.92 Å².